The van der Waals surface area contributed by atoms with Gasteiger partial charge in [-0.1, -0.05) is 6.92 Å². The summed E-state index contributed by atoms with van der Waals surface area (Å²) < 4.78 is 5.69. The molecule has 1 aromatic rings. The van der Waals surface area contributed by atoms with E-state index < -0.39 is 0 Å². The van der Waals surface area contributed by atoms with Gasteiger partial charge < -0.3 is 15.0 Å². The lowest BCUT2D eigenvalue weighted by Crippen LogP contribution is -3.16. The fourth-order valence-corrected chi connectivity index (χ4v) is 3.29. The van der Waals surface area contributed by atoms with Gasteiger partial charge in [0.15, 0.2) is 0 Å². The monoisotopic (exact) mass is 292 g/mol. The number of rotatable bonds is 5. The van der Waals surface area contributed by atoms with E-state index in [4.69, 9.17) is 4.74 Å². The number of likely N-dealkylation sites (tertiary alicyclic amines) is 1. The van der Waals surface area contributed by atoms with Crippen molar-refractivity contribution in [3.8, 4) is 5.75 Å². The van der Waals surface area contributed by atoms with Gasteiger partial charge in [-0.3, -0.25) is 0 Å². The van der Waals surface area contributed by atoms with E-state index in [-0.39, 0.29) is 6.10 Å². The van der Waals surface area contributed by atoms with Gasteiger partial charge in [0, 0.05) is 5.56 Å². The summed E-state index contributed by atoms with van der Waals surface area (Å²) in [5.41, 5.74) is 1.39. The third kappa shape index (κ3) is 4.72. The molecule has 0 saturated carbocycles. The van der Waals surface area contributed by atoms with Crippen molar-refractivity contribution < 1.29 is 15.0 Å². The fourth-order valence-electron chi connectivity index (χ4n) is 3.29. The predicted molar refractivity (Wildman–Crippen MR) is 86.6 cm³/mol. The van der Waals surface area contributed by atoms with E-state index in [2.05, 4.69) is 64.3 Å². The van der Waals surface area contributed by atoms with Crippen molar-refractivity contribution in [2.75, 3.05) is 13.6 Å². The van der Waals surface area contributed by atoms with Crippen LogP contribution in [-0.2, 0) is 6.54 Å². The van der Waals surface area contributed by atoms with Crippen LogP contribution in [0.5, 0.6) is 5.75 Å². The Labute approximate surface area is 129 Å². The number of benzene rings is 1. The number of hydrogen-bond acceptors (Lipinski definition) is 1. The fraction of sp³-hybridized carbons (Fsp3) is 0.667. The number of piperidine rings is 1. The molecule has 3 nitrogen and oxygen atoms in total. The van der Waals surface area contributed by atoms with E-state index in [1.54, 1.807) is 4.90 Å². The molecule has 1 unspecified atom stereocenters. The predicted octanol–water partition coefficient (Wildman–Crippen LogP) is 0.849. The van der Waals surface area contributed by atoms with Gasteiger partial charge >= 0.3 is 0 Å². The normalized spacial score (nSPS) is 29.6. The van der Waals surface area contributed by atoms with Gasteiger partial charge in [0.05, 0.1) is 44.1 Å². The minimum Gasteiger partial charge on any atom is -0.491 e. The second kappa shape index (κ2) is 7.28. The highest BCUT2D eigenvalue weighted by atomic mass is 16.5. The first-order valence-corrected chi connectivity index (χ1v) is 8.37. The molecule has 0 amide bonds. The van der Waals surface area contributed by atoms with Gasteiger partial charge in [-0.25, -0.2) is 0 Å². The van der Waals surface area contributed by atoms with E-state index in [1.807, 2.05) is 0 Å². The second-order valence-electron chi connectivity index (χ2n) is 7.08. The summed E-state index contributed by atoms with van der Waals surface area (Å²) in [6, 6.07) is 10.1. The first-order valence-electron chi connectivity index (χ1n) is 8.37. The summed E-state index contributed by atoms with van der Waals surface area (Å²) in [5.74, 6) is 1.77. The van der Waals surface area contributed by atoms with Crippen molar-refractivity contribution in [2.45, 2.75) is 58.8 Å². The lowest BCUT2D eigenvalue weighted by molar-refractivity contribution is -0.923. The average Bonchev–Trinajstić information content (AvgIpc) is 2.42. The zero-order chi connectivity index (χ0) is 15.4. The molecule has 0 spiro atoms. The molecule has 1 fully saturated rings. The van der Waals surface area contributed by atoms with Crippen molar-refractivity contribution in [1.82, 2.24) is 0 Å². The molecule has 0 aromatic heterocycles. The topological polar surface area (TPSA) is 30.3 Å². The maximum atomic E-state index is 5.69. The number of quaternary nitrogens is 2. The summed E-state index contributed by atoms with van der Waals surface area (Å²) in [6.45, 7) is 11.3. The molecule has 118 valence electrons. The van der Waals surface area contributed by atoms with Crippen LogP contribution in [0.3, 0.4) is 0 Å². The van der Waals surface area contributed by atoms with Gasteiger partial charge in [0.1, 0.15) is 12.3 Å². The Morgan fingerprint density at radius 2 is 1.90 bits per heavy atom. The van der Waals surface area contributed by atoms with Crippen molar-refractivity contribution in [3.05, 3.63) is 29.8 Å². The van der Waals surface area contributed by atoms with E-state index in [1.165, 1.54) is 18.5 Å². The first-order chi connectivity index (χ1) is 9.95. The smallest absolute Gasteiger partial charge is 0.119 e. The molecule has 4 atom stereocenters. The molecule has 3 N–H and O–H groups in total. The quantitative estimate of drug-likeness (QED) is 0.828. The minimum absolute atomic E-state index is 0.242. The Morgan fingerprint density at radius 1 is 1.24 bits per heavy atom. The van der Waals surface area contributed by atoms with Crippen molar-refractivity contribution in [3.63, 3.8) is 0 Å². The standard InChI is InChI=1S/C18H30N2O/c1-13(2)21-17-8-6-16(7-9-17)11-19-18-10-15(4)20(5)12-14(18)3/h6-9,13-15,18-19H,10-12H2,1-5H3/p+2/t14-,15+,18+/m1/s1. The van der Waals surface area contributed by atoms with Crippen LogP contribution < -0.4 is 15.0 Å². The van der Waals surface area contributed by atoms with Crippen LogP contribution in [-0.4, -0.2) is 31.8 Å². The van der Waals surface area contributed by atoms with E-state index in [9.17, 15) is 0 Å². The van der Waals surface area contributed by atoms with E-state index >= 15 is 0 Å². The number of ether oxygens (including phenoxy) is 1. The highest BCUT2D eigenvalue weighted by Gasteiger charge is 2.34. The lowest BCUT2D eigenvalue weighted by Gasteiger charge is -2.35. The lowest BCUT2D eigenvalue weighted by atomic mass is 9.90. The zero-order valence-electron chi connectivity index (χ0n) is 14.2. The summed E-state index contributed by atoms with van der Waals surface area (Å²) in [7, 11) is 2.32. The molecule has 1 saturated heterocycles. The maximum Gasteiger partial charge on any atom is 0.119 e. The third-order valence-electron chi connectivity index (χ3n) is 4.79. The van der Waals surface area contributed by atoms with E-state index in [0.717, 1.165) is 30.3 Å². The zero-order valence-corrected chi connectivity index (χ0v) is 14.2. The SMILES string of the molecule is CC(C)Oc1ccc(C[NH2+][C@H]2C[C@H](C)[NH+](C)C[C@H]2C)cc1. The molecule has 21 heavy (non-hydrogen) atoms. The Hall–Kier alpha value is -1.06. The molecule has 1 aliphatic heterocycles. The molecular weight excluding hydrogens is 260 g/mol. The molecule has 1 heterocycles. The molecule has 0 bridgehead atoms. The largest absolute Gasteiger partial charge is 0.491 e. The summed E-state index contributed by atoms with van der Waals surface area (Å²) >= 11 is 0. The second-order valence-corrected chi connectivity index (χ2v) is 7.08. The molecular formula is C18H32N2O+2. The molecule has 1 aromatic carbocycles. The minimum atomic E-state index is 0.242. The maximum absolute atomic E-state index is 5.69. The Kier molecular flexibility index (Phi) is 5.65. The Morgan fingerprint density at radius 3 is 2.52 bits per heavy atom. The summed E-state index contributed by atoms with van der Waals surface area (Å²) in [6.07, 6.45) is 1.56. The number of hydrogen-bond donors (Lipinski definition) is 2. The van der Waals surface area contributed by atoms with Crippen molar-refractivity contribution in [2.24, 2.45) is 5.92 Å². The van der Waals surface area contributed by atoms with Crippen LogP contribution in [0.25, 0.3) is 0 Å². The van der Waals surface area contributed by atoms with Crippen LogP contribution in [0, 0.1) is 5.92 Å². The highest BCUT2D eigenvalue weighted by molar-refractivity contribution is 5.26. The average molecular weight is 292 g/mol. The van der Waals surface area contributed by atoms with Gasteiger partial charge in [-0.05, 0) is 45.0 Å². The summed E-state index contributed by atoms with van der Waals surface area (Å²) in [5, 5.41) is 2.53. The highest BCUT2D eigenvalue weighted by Crippen LogP contribution is 2.13. The van der Waals surface area contributed by atoms with Gasteiger partial charge in [0.25, 0.3) is 0 Å². The third-order valence-corrected chi connectivity index (χ3v) is 4.79. The van der Waals surface area contributed by atoms with Crippen LogP contribution in [0.15, 0.2) is 24.3 Å². The molecule has 0 radical (unpaired) electrons. The first kappa shape index (κ1) is 16.3. The summed E-state index contributed by atoms with van der Waals surface area (Å²) in [4.78, 5) is 1.68. The Bertz CT molecular complexity index is 429. The van der Waals surface area contributed by atoms with Gasteiger partial charge in [-0.15, -0.1) is 0 Å². The van der Waals surface area contributed by atoms with Crippen LogP contribution in [0.2, 0.25) is 0 Å². The van der Waals surface area contributed by atoms with Crippen LogP contribution in [0.4, 0.5) is 0 Å². The van der Waals surface area contributed by atoms with Gasteiger partial charge in [0.2, 0.25) is 0 Å². The number of nitrogens with two attached hydrogens (primary N) is 1. The molecule has 1 aliphatic rings. The molecule has 0 aliphatic carbocycles. The Balaban J connectivity index is 1.85. The van der Waals surface area contributed by atoms with Crippen molar-refractivity contribution >= 4 is 0 Å². The van der Waals surface area contributed by atoms with E-state index in [0.29, 0.717) is 0 Å². The molecule has 2 rings (SSSR count). The van der Waals surface area contributed by atoms with Crippen molar-refractivity contribution in [1.29, 1.82) is 0 Å². The number of nitrogens with one attached hydrogen (secondary N) is 1. The van der Waals surface area contributed by atoms with Crippen LogP contribution >= 0.6 is 0 Å². The molecule has 3 heteroatoms. The van der Waals surface area contributed by atoms with Gasteiger partial charge in [-0.2, -0.15) is 0 Å². The van der Waals surface area contributed by atoms with Crippen LogP contribution in [0.1, 0.15) is 39.7 Å².